The third kappa shape index (κ3) is 5.85. The van der Waals surface area contributed by atoms with Crippen molar-refractivity contribution in [2.75, 3.05) is 53.5 Å². The highest BCUT2D eigenvalue weighted by Gasteiger charge is 2.31. The number of rotatable bonds is 9. The summed E-state index contributed by atoms with van der Waals surface area (Å²) < 4.78 is 66.2. The largest absolute Gasteiger partial charge is 0.495 e. The van der Waals surface area contributed by atoms with E-state index in [2.05, 4.69) is 4.72 Å². The smallest absolute Gasteiger partial charge is 0.246 e. The molecule has 0 aliphatic carbocycles. The fourth-order valence-corrected chi connectivity index (χ4v) is 6.66. The first-order chi connectivity index (χ1) is 15.6. The number of nitrogens with zero attached hydrogens (tertiary/aromatic N) is 2. The highest BCUT2D eigenvalue weighted by atomic mass is 32.2. The molecule has 1 aliphatic heterocycles. The van der Waals surface area contributed by atoms with Crippen molar-refractivity contribution >= 4 is 20.0 Å². The van der Waals surface area contributed by atoms with Crippen LogP contribution >= 0.6 is 0 Å². The Morgan fingerprint density at radius 1 is 0.818 bits per heavy atom. The molecule has 11 heteroatoms. The Morgan fingerprint density at radius 3 is 1.88 bits per heavy atom. The van der Waals surface area contributed by atoms with E-state index < -0.39 is 20.0 Å². The number of hydrogen-bond acceptors (Lipinski definition) is 7. The lowest BCUT2D eigenvalue weighted by atomic mass is 10.2. The van der Waals surface area contributed by atoms with Crippen LogP contribution in [0.5, 0.6) is 11.5 Å². The van der Waals surface area contributed by atoms with Crippen LogP contribution in [0.25, 0.3) is 0 Å². The van der Waals surface area contributed by atoms with Crippen LogP contribution in [0.1, 0.15) is 11.1 Å². The number of piperazine rings is 1. The Labute approximate surface area is 196 Å². The summed E-state index contributed by atoms with van der Waals surface area (Å²) in [6, 6.07) is 10.1. The van der Waals surface area contributed by atoms with Crippen molar-refractivity contribution in [3.63, 3.8) is 0 Å². The number of methoxy groups -OCH3 is 2. The van der Waals surface area contributed by atoms with E-state index in [-0.39, 0.29) is 16.3 Å². The zero-order chi connectivity index (χ0) is 24.2. The van der Waals surface area contributed by atoms with Crippen LogP contribution in [0.15, 0.2) is 46.2 Å². The van der Waals surface area contributed by atoms with Crippen molar-refractivity contribution < 1.29 is 26.3 Å². The standard InChI is InChI=1S/C22H31N3O6S2/c1-17-5-7-19(30-3)21(15-17)32(26,27)23-9-10-24-11-13-25(14-12-24)33(28,29)22-16-18(2)6-8-20(22)31-4/h5-8,15-16,23H,9-14H2,1-4H3. The van der Waals surface area contributed by atoms with Gasteiger partial charge in [0.15, 0.2) is 0 Å². The SMILES string of the molecule is COc1ccc(C)cc1S(=O)(=O)NCCN1CCN(S(=O)(=O)c2cc(C)ccc2OC)CC1. The van der Waals surface area contributed by atoms with Crippen LogP contribution < -0.4 is 14.2 Å². The highest BCUT2D eigenvalue weighted by Crippen LogP contribution is 2.28. The van der Waals surface area contributed by atoms with Crippen LogP contribution in [0.4, 0.5) is 0 Å². The summed E-state index contributed by atoms with van der Waals surface area (Å²) in [5.41, 5.74) is 1.66. The van der Waals surface area contributed by atoms with Gasteiger partial charge in [-0.25, -0.2) is 21.6 Å². The summed E-state index contributed by atoms with van der Waals surface area (Å²) in [6.07, 6.45) is 0. The Balaban J connectivity index is 1.58. The summed E-state index contributed by atoms with van der Waals surface area (Å²) in [5.74, 6) is 0.613. The lowest BCUT2D eigenvalue weighted by Crippen LogP contribution is -2.50. The molecule has 0 atom stereocenters. The van der Waals surface area contributed by atoms with Crippen molar-refractivity contribution in [2.24, 2.45) is 0 Å². The maximum Gasteiger partial charge on any atom is 0.246 e. The molecule has 0 saturated carbocycles. The minimum absolute atomic E-state index is 0.105. The number of sulfonamides is 2. The molecule has 1 heterocycles. The lowest BCUT2D eigenvalue weighted by Gasteiger charge is -2.34. The van der Waals surface area contributed by atoms with Crippen molar-refractivity contribution in [2.45, 2.75) is 23.6 Å². The maximum atomic E-state index is 13.1. The van der Waals surface area contributed by atoms with Crippen molar-refractivity contribution in [3.05, 3.63) is 47.5 Å². The molecule has 0 radical (unpaired) electrons. The summed E-state index contributed by atoms with van der Waals surface area (Å²) in [7, 11) is -4.53. The van der Waals surface area contributed by atoms with Crippen LogP contribution in [0.2, 0.25) is 0 Å². The molecule has 1 aliphatic rings. The molecule has 0 unspecified atom stereocenters. The van der Waals surface area contributed by atoms with Crippen LogP contribution in [0, 0.1) is 13.8 Å². The van der Waals surface area contributed by atoms with E-state index in [0.29, 0.717) is 44.2 Å². The van der Waals surface area contributed by atoms with Gasteiger partial charge in [-0.3, -0.25) is 4.90 Å². The third-order valence-electron chi connectivity index (χ3n) is 5.60. The van der Waals surface area contributed by atoms with E-state index in [0.717, 1.165) is 11.1 Å². The zero-order valence-electron chi connectivity index (χ0n) is 19.4. The number of nitrogens with one attached hydrogen (secondary N) is 1. The van der Waals surface area contributed by atoms with Gasteiger partial charge in [0.25, 0.3) is 0 Å². The molecule has 1 fully saturated rings. The van der Waals surface area contributed by atoms with Gasteiger partial charge in [0, 0.05) is 39.3 Å². The van der Waals surface area contributed by atoms with Crippen molar-refractivity contribution in [1.82, 2.24) is 13.9 Å². The van der Waals surface area contributed by atoms with Gasteiger partial charge < -0.3 is 9.47 Å². The van der Waals surface area contributed by atoms with Gasteiger partial charge in [-0.2, -0.15) is 4.31 Å². The predicted octanol–water partition coefficient (Wildman–Crippen LogP) is 1.61. The quantitative estimate of drug-likeness (QED) is 0.561. The van der Waals surface area contributed by atoms with Gasteiger partial charge in [0.2, 0.25) is 20.0 Å². The molecule has 9 nitrogen and oxygen atoms in total. The maximum absolute atomic E-state index is 13.1. The first kappa shape index (κ1) is 25.4. The first-order valence-corrected chi connectivity index (χ1v) is 13.5. The Hall–Kier alpha value is -2.18. The number of aryl methyl sites for hydroxylation is 2. The molecule has 0 amide bonds. The molecule has 3 rings (SSSR count). The molecule has 2 aromatic rings. The fourth-order valence-electron chi connectivity index (χ4n) is 3.73. The topological polar surface area (TPSA) is 105 Å². The second-order valence-electron chi connectivity index (χ2n) is 7.95. The predicted molar refractivity (Wildman–Crippen MR) is 126 cm³/mol. The monoisotopic (exact) mass is 497 g/mol. The Morgan fingerprint density at radius 2 is 1.33 bits per heavy atom. The molecule has 0 aromatic heterocycles. The van der Waals surface area contributed by atoms with Gasteiger partial charge >= 0.3 is 0 Å². The van der Waals surface area contributed by atoms with E-state index >= 15 is 0 Å². The molecule has 0 bridgehead atoms. The minimum Gasteiger partial charge on any atom is -0.495 e. The van der Waals surface area contributed by atoms with E-state index in [4.69, 9.17) is 9.47 Å². The number of ether oxygens (including phenoxy) is 2. The summed E-state index contributed by atoms with van der Waals surface area (Å²) in [4.78, 5) is 2.31. The van der Waals surface area contributed by atoms with Crippen molar-refractivity contribution in [3.8, 4) is 11.5 Å². The van der Waals surface area contributed by atoms with E-state index in [1.54, 1.807) is 30.3 Å². The molecule has 33 heavy (non-hydrogen) atoms. The van der Waals surface area contributed by atoms with Crippen LogP contribution in [-0.2, 0) is 20.0 Å². The molecular weight excluding hydrogens is 466 g/mol. The zero-order valence-corrected chi connectivity index (χ0v) is 21.0. The summed E-state index contributed by atoms with van der Waals surface area (Å²) >= 11 is 0. The molecule has 182 valence electrons. The van der Waals surface area contributed by atoms with Gasteiger partial charge in [-0.05, 0) is 49.2 Å². The van der Waals surface area contributed by atoms with Crippen LogP contribution in [0.3, 0.4) is 0 Å². The highest BCUT2D eigenvalue weighted by molar-refractivity contribution is 7.89. The van der Waals surface area contributed by atoms with Gasteiger partial charge in [0.1, 0.15) is 21.3 Å². The minimum atomic E-state index is -3.73. The van der Waals surface area contributed by atoms with E-state index in [9.17, 15) is 16.8 Å². The average molecular weight is 498 g/mol. The summed E-state index contributed by atoms with van der Waals surface area (Å²) in [6.45, 7) is 5.97. The molecule has 1 saturated heterocycles. The van der Waals surface area contributed by atoms with Gasteiger partial charge in [-0.1, -0.05) is 12.1 Å². The Bertz CT molecular complexity index is 1190. The van der Waals surface area contributed by atoms with Gasteiger partial charge in [-0.15, -0.1) is 0 Å². The second-order valence-corrected chi connectivity index (χ2v) is 11.6. The first-order valence-electron chi connectivity index (χ1n) is 10.6. The van der Waals surface area contributed by atoms with Gasteiger partial charge in [0.05, 0.1) is 14.2 Å². The summed E-state index contributed by atoms with van der Waals surface area (Å²) in [5, 5.41) is 0. The second kappa shape index (κ2) is 10.4. The third-order valence-corrected chi connectivity index (χ3v) is 9.00. The van der Waals surface area contributed by atoms with E-state index in [1.807, 2.05) is 24.8 Å². The van der Waals surface area contributed by atoms with E-state index in [1.165, 1.54) is 18.5 Å². The molecule has 2 aromatic carbocycles. The normalized spacial score (nSPS) is 16.0. The lowest BCUT2D eigenvalue weighted by molar-refractivity contribution is 0.191. The molecular formula is C22H31N3O6S2. The average Bonchev–Trinajstić information content (AvgIpc) is 2.79. The van der Waals surface area contributed by atoms with Crippen LogP contribution in [-0.4, -0.2) is 79.5 Å². The number of benzene rings is 2. The number of hydrogen-bond donors (Lipinski definition) is 1. The Kier molecular flexibility index (Phi) is 8.01. The molecule has 1 N–H and O–H groups in total. The molecule has 0 spiro atoms. The van der Waals surface area contributed by atoms with Crippen molar-refractivity contribution in [1.29, 1.82) is 0 Å². The fraction of sp³-hybridized carbons (Fsp3) is 0.455.